The Morgan fingerprint density at radius 1 is 0.957 bits per heavy atom. The highest BCUT2D eigenvalue weighted by Gasteiger charge is 2.20. The molecule has 2 aliphatic rings. The number of morpholine rings is 1. The molecule has 0 atom stereocenters. The minimum absolute atomic E-state index is 0.383. The lowest BCUT2D eigenvalue weighted by Gasteiger charge is -2.33. The van der Waals surface area contributed by atoms with E-state index in [1.165, 1.54) is 38.2 Å². The predicted molar refractivity (Wildman–Crippen MR) is 93.1 cm³/mol. The summed E-state index contributed by atoms with van der Waals surface area (Å²) in [5, 5.41) is 0. The van der Waals surface area contributed by atoms with Gasteiger partial charge in [-0.1, -0.05) is 17.7 Å². The first-order chi connectivity index (χ1) is 11.3. The van der Waals surface area contributed by atoms with Crippen molar-refractivity contribution in [2.75, 3.05) is 52.5 Å². The second kappa shape index (κ2) is 8.67. The van der Waals surface area contributed by atoms with E-state index < -0.39 is 0 Å². The van der Waals surface area contributed by atoms with Crippen LogP contribution in [0.5, 0.6) is 5.75 Å². The first kappa shape index (κ1) is 16.7. The highest BCUT2D eigenvalue weighted by atomic mass is 16.5. The van der Waals surface area contributed by atoms with Crippen LogP contribution in [-0.4, -0.2) is 68.4 Å². The minimum Gasteiger partial charge on any atom is -0.490 e. The van der Waals surface area contributed by atoms with E-state index in [4.69, 9.17) is 9.47 Å². The summed E-state index contributed by atoms with van der Waals surface area (Å²) in [4.78, 5) is 5.12. The second-order valence-electron chi connectivity index (χ2n) is 6.78. The van der Waals surface area contributed by atoms with Crippen LogP contribution < -0.4 is 4.74 Å². The molecule has 2 heterocycles. The molecule has 3 rings (SSSR count). The van der Waals surface area contributed by atoms with Gasteiger partial charge in [0.25, 0.3) is 0 Å². The molecule has 0 N–H and O–H groups in total. The summed E-state index contributed by atoms with van der Waals surface area (Å²) in [5.41, 5.74) is 1.28. The summed E-state index contributed by atoms with van der Waals surface area (Å²) < 4.78 is 11.5. The minimum atomic E-state index is 0.383. The molecule has 4 heteroatoms. The first-order valence-corrected chi connectivity index (χ1v) is 9.05. The molecule has 1 aromatic carbocycles. The third-order valence-electron chi connectivity index (χ3n) is 4.91. The van der Waals surface area contributed by atoms with Crippen LogP contribution in [0.2, 0.25) is 0 Å². The molecule has 23 heavy (non-hydrogen) atoms. The lowest BCUT2D eigenvalue weighted by Crippen LogP contribution is -2.41. The van der Waals surface area contributed by atoms with E-state index in [1.807, 2.05) is 0 Å². The molecule has 128 valence electrons. The molecule has 0 aromatic heterocycles. The number of benzene rings is 1. The molecule has 0 amide bonds. The molecule has 2 fully saturated rings. The Bertz CT molecular complexity index is 449. The van der Waals surface area contributed by atoms with Gasteiger partial charge in [-0.3, -0.25) is 4.90 Å². The number of ether oxygens (including phenoxy) is 2. The van der Waals surface area contributed by atoms with Gasteiger partial charge in [-0.25, -0.2) is 0 Å². The highest BCUT2D eigenvalue weighted by molar-refractivity contribution is 5.26. The summed E-state index contributed by atoms with van der Waals surface area (Å²) in [6, 6.07) is 8.42. The summed E-state index contributed by atoms with van der Waals surface area (Å²) in [5.74, 6) is 1.02. The number of nitrogens with zero attached hydrogens (tertiary/aromatic N) is 2. The van der Waals surface area contributed by atoms with Crippen LogP contribution in [0.25, 0.3) is 0 Å². The van der Waals surface area contributed by atoms with Gasteiger partial charge in [0, 0.05) is 26.2 Å². The third kappa shape index (κ3) is 5.48. The van der Waals surface area contributed by atoms with Gasteiger partial charge in [0.2, 0.25) is 0 Å². The molecule has 0 saturated carbocycles. The maximum absolute atomic E-state index is 6.11. The van der Waals surface area contributed by atoms with E-state index in [9.17, 15) is 0 Å². The number of hydrogen-bond acceptors (Lipinski definition) is 4. The summed E-state index contributed by atoms with van der Waals surface area (Å²) in [6.07, 6.45) is 3.94. The maximum Gasteiger partial charge on any atom is 0.119 e. The lowest BCUT2D eigenvalue weighted by atomic mass is 10.1. The molecule has 0 spiro atoms. The van der Waals surface area contributed by atoms with Crippen LogP contribution in [0, 0.1) is 6.92 Å². The average Bonchev–Trinajstić information content (AvgIpc) is 2.59. The van der Waals surface area contributed by atoms with Crippen LogP contribution >= 0.6 is 0 Å². The van der Waals surface area contributed by atoms with Crippen molar-refractivity contribution in [2.45, 2.75) is 32.3 Å². The van der Waals surface area contributed by atoms with Crippen molar-refractivity contribution in [2.24, 2.45) is 0 Å². The monoisotopic (exact) mass is 318 g/mol. The van der Waals surface area contributed by atoms with Crippen molar-refractivity contribution >= 4 is 0 Å². The zero-order valence-corrected chi connectivity index (χ0v) is 14.4. The van der Waals surface area contributed by atoms with Gasteiger partial charge in [0.05, 0.1) is 13.2 Å². The molecule has 1 aromatic rings. The lowest BCUT2D eigenvalue weighted by molar-refractivity contribution is 0.0347. The zero-order chi connectivity index (χ0) is 15.9. The smallest absolute Gasteiger partial charge is 0.119 e. The highest BCUT2D eigenvalue weighted by Crippen LogP contribution is 2.19. The largest absolute Gasteiger partial charge is 0.490 e. The number of hydrogen-bond donors (Lipinski definition) is 0. The van der Waals surface area contributed by atoms with Crippen LogP contribution in [-0.2, 0) is 4.74 Å². The van der Waals surface area contributed by atoms with Crippen LogP contribution in [0.4, 0.5) is 0 Å². The van der Waals surface area contributed by atoms with E-state index in [0.717, 1.165) is 44.9 Å². The Balaban J connectivity index is 1.31. The van der Waals surface area contributed by atoms with Gasteiger partial charge in [0.15, 0.2) is 0 Å². The molecular weight excluding hydrogens is 288 g/mol. The quantitative estimate of drug-likeness (QED) is 0.805. The standard InChI is InChI=1S/C19H30N2O2/c1-17-3-5-18(6-4-17)23-19-7-11-20(12-8-19)9-2-10-21-13-15-22-16-14-21/h3-6,19H,2,7-16H2,1H3. The average molecular weight is 318 g/mol. The molecule has 0 radical (unpaired) electrons. The van der Waals surface area contributed by atoms with Gasteiger partial charge in [0.1, 0.15) is 11.9 Å². The van der Waals surface area contributed by atoms with Gasteiger partial charge >= 0.3 is 0 Å². The van der Waals surface area contributed by atoms with Crippen LogP contribution in [0.1, 0.15) is 24.8 Å². The Morgan fingerprint density at radius 2 is 1.57 bits per heavy atom. The van der Waals surface area contributed by atoms with E-state index in [0.29, 0.717) is 6.10 Å². The Kier molecular flexibility index (Phi) is 6.31. The number of piperidine rings is 1. The molecule has 2 aliphatic heterocycles. The summed E-state index contributed by atoms with van der Waals surface area (Å²) in [7, 11) is 0. The van der Waals surface area contributed by atoms with Crippen LogP contribution in [0.15, 0.2) is 24.3 Å². The van der Waals surface area contributed by atoms with E-state index in [1.54, 1.807) is 0 Å². The fourth-order valence-corrected chi connectivity index (χ4v) is 3.40. The van der Waals surface area contributed by atoms with E-state index in [2.05, 4.69) is 41.0 Å². The molecule has 2 saturated heterocycles. The Labute approximate surface area is 140 Å². The Morgan fingerprint density at radius 3 is 2.22 bits per heavy atom. The number of aryl methyl sites for hydroxylation is 1. The zero-order valence-electron chi connectivity index (χ0n) is 14.4. The van der Waals surface area contributed by atoms with Crippen LogP contribution in [0.3, 0.4) is 0 Å². The van der Waals surface area contributed by atoms with Crippen molar-refractivity contribution in [1.82, 2.24) is 9.80 Å². The number of rotatable bonds is 6. The molecule has 0 bridgehead atoms. The van der Waals surface area contributed by atoms with Crippen molar-refractivity contribution in [3.05, 3.63) is 29.8 Å². The third-order valence-corrected chi connectivity index (χ3v) is 4.91. The molecule has 0 unspecified atom stereocenters. The normalized spacial score (nSPS) is 21.4. The van der Waals surface area contributed by atoms with Gasteiger partial charge < -0.3 is 14.4 Å². The second-order valence-corrected chi connectivity index (χ2v) is 6.78. The Hall–Kier alpha value is -1.10. The first-order valence-electron chi connectivity index (χ1n) is 9.05. The fourth-order valence-electron chi connectivity index (χ4n) is 3.40. The molecule has 0 aliphatic carbocycles. The van der Waals surface area contributed by atoms with Gasteiger partial charge in [-0.2, -0.15) is 0 Å². The SMILES string of the molecule is Cc1ccc(OC2CCN(CCCN3CCOCC3)CC2)cc1. The topological polar surface area (TPSA) is 24.9 Å². The summed E-state index contributed by atoms with van der Waals surface area (Å²) in [6.45, 7) is 10.9. The molecule has 4 nitrogen and oxygen atoms in total. The fraction of sp³-hybridized carbons (Fsp3) is 0.684. The molecular formula is C19H30N2O2. The predicted octanol–water partition coefficient (Wildman–Crippen LogP) is 2.56. The van der Waals surface area contributed by atoms with Gasteiger partial charge in [-0.05, 0) is 51.4 Å². The van der Waals surface area contributed by atoms with E-state index in [-0.39, 0.29) is 0 Å². The number of likely N-dealkylation sites (tertiary alicyclic amines) is 1. The van der Waals surface area contributed by atoms with Crippen molar-refractivity contribution in [1.29, 1.82) is 0 Å². The van der Waals surface area contributed by atoms with E-state index >= 15 is 0 Å². The van der Waals surface area contributed by atoms with Crippen molar-refractivity contribution in [3.63, 3.8) is 0 Å². The van der Waals surface area contributed by atoms with Gasteiger partial charge in [-0.15, -0.1) is 0 Å². The van der Waals surface area contributed by atoms with Crippen molar-refractivity contribution in [3.8, 4) is 5.75 Å². The van der Waals surface area contributed by atoms with Crippen molar-refractivity contribution < 1.29 is 9.47 Å². The summed E-state index contributed by atoms with van der Waals surface area (Å²) >= 11 is 0. The maximum atomic E-state index is 6.11.